The van der Waals surface area contributed by atoms with Crippen LogP contribution in [0.2, 0.25) is 0 Å². The Kier molecular flexibility index (Phi) is 6.27. The number of methoxy groups -OCH3 is 1. The monoisotopic (exact) mass is 310 g/mol. The first kappa shape index (κ1) is 16.6. The molecule has 0 aromatic heterocycles. The van der Waals surface area contributed by atoms with Gasteiger partial charge in [-0.2, -0.15) is 0 Å². The lowest BCUT2D eigenvalue weighted by Gasteiger charge is -2.14. The molecular formula is C19H18O4. The number of ketones is 1. The van der Waals surface area contributed by atoms with Crippen LogP contribution in [0.15, 0.2) is 60.7 Å². The van der Waals surface area contributed by atoms with Crippen LogP contribution in [0.25, 0.3) is 6.08 Å². The zero-order chi connectivity index (χ0) is 16.5. The summed E-state index contributed by atoms with van der Waals surface area (Å²) in [5, 5.41) is 0. The predicted octanol–water partition coefficient (Wildman–Crippen LogP) is 3.44. The summed E-state index contributed by atoms with van der Waals surface area (Å²) in [6.07, 6.45) is 2.87. The molecule has 0 heterocycles. The Morgan fingerprint density at radius 2 is 1.78 bits per heavy atom. The lowest BCUT2D eigenvalue weighted by molar-refractivity contribution is -0.136. The van der Waals surface area contributed by atoms with Crippen molar-refractivity contribution in [1.29, 1.82) is 0 Å². The van der Waals surface area contributed by atoms with Gasteiger partial charge in [0.05, 0.1) is 6.61 Å². The molecule has 0 amide bonds. The normalized spacial score (nSPS) is 12.0. The molecule has 0 aliphatic carbocycles. The number of carbonyl (C=O) groups excluding carboxylic acids is 2. The van der Waals surface area contributed by atoms with Gasteiger partial charge in [-0.15, -0.1) is 0 Å². The zero-order valence-electron chi connectivity index (χ0n) is 12.8. The summed E-state index contributed by atoms with van der Waals surface area (Å²) in [6, 6.07) is 16.5. The number of rotatable bonds is 8. The van der Waals surface area contributed by atoms with E-state index in [1.165, 1.54) is 0 Å². The Morgan fingerprint density at radius 3 is 2.39 bits per heavy atom. The van der Waals surface area contributed by atoms with Crippen LogP contribution in [0, 0.1) is 0 Å². The van der Waals surface area contributed by atoms with E-state index < -0.39 is 6.10 Å². The molecule has 2 rings (SSSR count). The maximum absolute atomic E-state index is 12.0. The molecule has 0 aliphatic heterocycles. The third kappa shape index (κ3) is 4.90. The first-order chi connectivity index (χ1) is 11.2. The molecular weight excluding hydrogens is 292 g/mol. The molecule has 4 nitrogen and oxygen atoms in total. The minimum absolute atomic E-state index is 0.0452. The molecule has 0 spiro atoms. The summed E-state index contributed by atoms with van der Waals surface area (Å²) in [5.74, 6) is -0.0452. The minimum Gasteiger partial charge on any atom is -0.457 e. The van der Waals surface area contributed by atoms with Gasteiger partial charge in [0.2, 0.25) is 0 Å². The van der Waals surface area contributed by atoms with E-state index in [-0.39, 0.29) is 5.78 Å². The molecule has 0 fully saturated rings. The maximum Gasteiger partial charge on any atom is 0.293 e. The van der Waals surface area contributed by atoms with Crippen LogP contribution in [-0.2, 0) is 14.3 Å². The SMILES string of the molecule is COCC(OC=O)c1ccc(/C=C/C(=O)c2ccccc2)cc1. The summed E-state index contributed by atoms with van der Waals surface area (Å²) in [7, 11) is 1.55. The van der Waals surface area contributed by atoms with Crippen molar-refractivity contribution in [2.45, 2.75) is 6.10 Å². The van der Waals surface area contributed by atoms with Crippen molar-refractivity contribution in [1.82, 2.24) is 0 Å². The fraction of sp³-hybridized carbons (Fsp3) is 0.158. The second-order valence-corrected chi connectivity index (χ2v) is 4.91. The van der Waals surface area contributed by atoms with E-state index >= 15 is 0 Å². The van der Waals surface area contributed by atoms with E-state index in [9.17, 15) is 9.59 Å². The van der Waals surface area contributed by atoms with E-state index in [1.54, 1.807) is 31.4 Å². The Balaban J connectivity index is 2.06. The Morgan fingerprint density at radius 1 is 1.09 bits per heavy atom. The highest BCUT2D eigenvalue weighted by Gasteiger charge is 2.11. The van der Waals surface area contributed by atoms with E-state index in [0.717, 1.165) is 11.1 Å². The van der Waals surface area contributed by atoms with Crippen LogP contribution < -0.4 is 0 Å². The maximum atomic E-state index is 12.0. The largest absolute Gasteiger partial charge is 0.457 e. The molecule has 2 aromatic rings. The van der Waals surface area contributed by atoms with Crippen LogP contribution >= 0.6 is 0 Å². The zero-order valence-corrected chi connectivity index (χ0v) is 12.8. The molecule has 1 atom stereocenters. The molecule has 0 bridgehead atoms. The molecule has 0 saturated heterocycles. The fourth-order valence-electron chi connectivity index (χ4n) is 2.12. The number of hydrogen-bond donors (Lipinski definition) is 0. The van der Waals surface area contributed by atoms with Gasteiger partial charge in [0, 0.05) is 12.7 Å². The third-order valence-electron chi connectivity index (χ3n) is 3.33. The molecule has 0 saturated carbocycles. The average Bonchev–Trinajstić information content (AvgIpc) is 2.61. The van der Waals surface area contributed by atoms with Crippen LogP contribution in [0.1, 0.15) is 27.6 Å². The summed E-state index contributed by atoms with van der Waals surface area (Å²) in [6.45, 7) is 0.705. The summed E-state index contributed by atoms with van der Waals surface area (Å²) < 4.78 is 10.0. The predicted molar refractivity (Wildman–Crippen MR) is 88.0 cm³/mol. The minimum atomic E-state index is -0.429. The van der Waals surface area contributed by atoms with Crippen LogP contribution in [0.4, 0.5) is 0 Å². The molecule has 118 valence electrons. The third-order valence-corrected chi connectivity index (χ3v) is 3.33. The Labute approximate surface area is 135 Å². The van der Waals surface area contributed by atoms with E-state index in [0.29, 0.717) is 18.6 Å². The van der Waals surface area contributed by atoms with Gasteiger partial charge in [-0.1, -0.05) is 60.7 Å². The van der Waals surface area contributed by atoms with E-state index in [4.69, 9.17) is 9.47 Å². The van der Waals surface area contributed by atoms with Crippen LogP contribution in [0.5, 0.6) is 0 Å². The van der Waals surface area contributed by atoms with Gasteiger partial charge in [-0.3, -0.25) is 9.59 Å². The van der Waals surface area contributed by atoms with Crippen molar-refractivity contribution in [3.8, 4) is 0 Å². The Bertz CT molecular complexity index is 660. The van der Waals surface area contributed by atoms with E-state index in [2.05, 4.69) is 0 Å². The molecule has 23 heavy (non-hydrogen) atoms. The van der Waals surface area contributed by atoms with Gasteiger partial charge in [-0.25, -0.2) is 0 Å². The summed E-state index contributed by atoms with van der Waals surface area (Å²) >= 11 is 0. The highest BCUT2D eigenvalue weighted by atomic mass is 16.6. The quantitative estimate of drug-likeness (QED) is 0.426. The van der Waals surface area contributed by atoms with Crippen molar-refractivity contribution in [3.63, 3.8) is 0 Å². The van der Waals surface area contributed by atoms with Crippen LogP contribution in [-0.4, -0.2) is 26.0 Å². The van der Waals surface area contributed by atoms with Crippen molar-refractivity contribution >= 4 is 18.3 Å². The molecule has 2 aromatic carbocycles. The van der Waals surface area contributed by atoms with Gasteiger partial charge in [0.15, 0.2) is 5.78 Å². The topological polar surface area (TPSA) is 52.6 Å². The highest BCUT2D eigenvalue weighted by molar-refractivity contribution is 6.06. The van der Waals surface area contributed by atoms with Crippen molar-refractivity contribution in [2.24, 2.45) is 0 Å². The average molecular weight is 310 g/mol. The molecule has 0 radical (unpaired) electrons. The first-order valence-electron chi connectivity index (χ1n) is 7.20. The highest BCUT2D eigenvalue weighted by Crippen LogP contribution is 2.18. The Hall–Kier alpha value is -2.72. The number of benzene rings is 2. The first-order valence-corrected chi connectivity index (χ1v) is 7.20. The lowest BCUT2D eigenvalue weighted by atomic mass is 10.1. The smallest absolute Gasteiger partial charge is 0.293 e. The van der Waals surface area contributed by atoms with Crippen molar-refractivity contribution < 1.29 is 19.1 Å². The van der Waals surface area contributed by atoms with Gasteiger partial charge in [-0.05, 0) is 17.2 Å². The lowest BCUT2D eigenvalue weighted by Crippen LogP contribution is -2.09. The standard InChI is InChI=1S/C19H18O4/c1-22-13-19(23-14-20)17-10-7-15(8-11-17)9-12-18(21)16-5-3-2-4-6-16/h2-12,14,19H,13H2,1H3/b12-9+. The molecule has 0 aliphatic rings. The number of carbonyl (C=O) groups is 2. The van der Waals surface area contributed by atoms with Crippen molar-refractivity contribution in [3.05, 3.63) is 77.4 Å². The van der Waals surface area contributed by atoms with Gasteiger partial charge < -0.3 is 9.47 Å². The van der Waals surface area contributed by atoms with Crippen molar-refractivity contribution in [2.75, 3.05) is 13.7 Å². The van der Waals surface area contributed by atoms with E-state index in [1.807, 2.05) is 42.5 Å². The molecule has 1 unspecified atom stereocenters. The number of ether oxygens (including phenoxy) is 2. The number of hydrogen-bond acceptors (Lipinski definition) is 4. The van der Waals surface area contributed by atoms with Gasteiger partial charge >= 0.3 is 0 Å². The summed E-state index contributed by atoms with van der Waals surface area (Å²) in [4.78, 5) is 22.5. The van der Waals surface area contributed by atoms with Gasteiger partial charge in [0.25, 0.3) is 6.47 Å². The fourth-order valence-corrected chi connectivity index (χ4v) is 2.12. The van der Waals surface area contributed by atoms with Crippen LogP contribution in [0.3, 0.4) is 0 Å². The number of allylic oxidation sites excluding steroid dienone is 1. The molecule has 0 N–H and O–H groups in total. The molecule has 4 heteroatoms. The second kappa shape index (κ2) is 8.66. The second-order valence-electron chi connectivity index (χ2n) is 4.91. The summed E-state index contributed by atoms with van der Waals surface area (Å²) in [5.41, 5.74) is 2.38. The van der Waals surface area contributed by atoms with Gasteiger partial charge in [0.1, 0.15) is 6.10 Å².